The number of aryl methyl sites for hydroxylation is 2. The van der Waals surface area contributed by atoms with E-state index in [1.807, 2.05) is 69.3 Å². The fourth-order valence-electron chi connectivity index (χ4n) is 7.15. The van der Waals surface area contributed by atoms with E-state index in [9.17, 15) is 19.5 Å². The fourth-order valence-corrected chi connectivity index (χ4v) is 7.15. The predicted molar refractivity (Wildman–Crippen MR) is 148 cm³/mol. The van der Waals surface area contributed by atoms with Crippen molar-refractivity contribution in [3.8, 4) is 0 Å². The summed E-state index contributed by atoms with van der Waals surface area (Å²) in [5.41, 5.74) is 1.74. The molecule has 0 aliphatic carbocycles. The number of hydrogen-bond acceptors (Lipinski definition) is 5. The monoisotopic (exact) mass is 533 g/mol. The first-order chi connectivity index (χ1) is 18.8. The maximum Gasteiger partial charge on any atom is 0.250 e. The van der Waals surface area contributed by atoms with E-state index in [0.29, 0.717) is 45.2 Å². The van der Waals surface area contributed by atoms with Gasteiger partial charge in [0.25, 0.3) is 0 Å². The Morgan fingerprint density at radius 3 is 2.41 bits per heavy atom. The van der Waals surface area contributed by atoms with Crippen molar-refractivity contribution in [3.05, 3.63) is 65.2 Å². The van der Waals surface area contributed by atoms with E-state index in [1.54, 1.807) is 4.90 Å². The third-order valence-electron chi connectivity index (χ3n) is 9.06. The molecule has 3 aliphatic rings. The van der Waals surface area contributed by atoms with Crippen LogP contribution in [0.25, 0.3) is 0 Å². The molecule has 3 N–H and O–H groups in total. The number of ether oxygens (including phenoxy) is 1. The van der Waals surface area contributed by atoms with Crippen LogP contribution >= 0.6 is 0 Å². The number of anilines is 1. The molecule has 2 bridgehead atoms. The SMILES string of the molecule is CC[C@]12CCC3(O1)C(C(=O)Nc1c(C)cccc1C)N(CCCCO)C(=O)[C@@H]3[C@H]2C(=O)NCc1ccccc1. The molecule has 0 aromatic heterocycles. The zero-order chi connectivity index (χ0) is 27.8. The van der Waals surface area contributed by atoms with Gasteiger partial charge in [-0.3, -0.25) is 14.4 Å². The fraction of sp³-hybridized carbons (Fsp3) is 0.516. The molecular formula is C31H39N3O5. The van der Waals surface area contributed by atoms with Crippen LogP contribution in [0.2, 0.25) is 0 Å². The minimum Gasteiger partial charge on any atom is -0.396 e. The highest BCUT2D eigenvalue weighted by Gasteiger charge is 2.78. The van der Waals surface area contributed by atoms with E-state index in [2.05, 4.69) is 10.6 Å². The lowest BCUT2D eigenvalue weighted by Gasteiger charge is -2.34. The number of benzene rings is 2. The quantitative estimate of drug-likeness (QED) is 0.405. The number of aliphatic hydroxyl groups is 1. The molecule has 0 saturated carbocycles. The molecular weight excluding hydrogens is 494 g/mol. The van der Waals surface area contributed by atoms with Crippen molar-refractivity contribution >= 4 is 23.4 Å². The Hall–Kier alpha value is -3.23. The van der Waals surface area contributed by atoms with Crippen molar-refractivity contribution in [1.29, 1.82) is 0 Å². The Morgan fingerprint density at radius 2 is 1.74 bits per heavy atom. The van der Waals surface area contributed by atoms with Crippen molar-refractivity contribution in [2.75, 3.05) is 18.5 Å². The zero-order valence-electron chi connectivity index (χ0n) is 23.0. The molecule has 2 aromatic carbocycles. The van der Waals surface area contributed by atoms with Crippen LogP contribution in [0.3, 0.4) is 0 Å². The molecule has 2 aromatic rings. The van der Waals surface area contributed by atoms with Crippen molar-refractivity contribution < 1.29 is 24.2 Å². The number of fused-ring (bicyclic) bond motifs is 1. The van der Waals surface area contributed by atoms with Crippen molar-refractivity contribution in [3.63, 3.8) is 0 Å². The molecule has 2 unspecified atom stereocenters. The summed E-state index contributed by atoms with van der Waals surface area (Å²) in [7, 11) is 0. The number of para-hydroxylation sites is 1. The van der Waals surface area contributed by atoms with Crippen LogP contribution in [0.5, 0.6) is 0 Å². The lowest BCUT2D eigenvalue weighted by atomic mass is 9.65. The number of nitrogens with zero attached hydrogens (tertiary/aromatic N) is 1. The van der Waals surface area contributed by atoms with Gasteiger partial charge in [-0.15, -0.1) is 0 Å². The lowest BCUT2D eigenvalue weighted by molar-refractivity contribution is -0.146. The van der Waals surface area contributed by atoms with Crippen molar-refractivity contribution in [2.24, 2.45) is 11.8 Å². The standard InChI is InChI=1S/C31H39N3O5/c1-4-30-15-16-31(39-30)24(23(30)27(36)32-19-22-13-6-5-7-14-22)29(38)34(17-8-9-18-35)26(31)28(37)33-25-20(2)11-10-12-21(25)3/h5-7,10-14,23-24,26,35H,4,8-9,15-19H2,1-3H3,(H,32,36)(H,33,37)/t23-,24-,26?,30+,31?/m0/s1. The topological polar surface area (TPSA) is 108 Å². The number of rotatable bonds is 10. The molecule has 208 valence electrons. The molecule has 8 nitrogen and oxygen atoms in total. The van der Waals surface area contributed by atoms with Gasteiger partial charge in [0.1, 0.15) is 11.6 Å². The summed E-state index contributed by atoms with van der Waals surface area (Å²) in [6, 6.07) is 14.7. The van der Waals surface area contributed by atoms with Gasteiger partial charge in [-0.05, 0) is 62.6 Å². The Labute approximate surface area is 230 Å². The first-order valence-electron chi connectivity index (χ1n) is 14.1. The molecule has 3 saturated heterocycles. The number of hydrogen-bond donors (Lipinski definition) is 3. The second kappa shape index (κ2) is 10.7. The van der Waals surface area contributed by atoms with E-state index in [0.717, 1.165) is 22.4 Å². The Balaban J connectivity index is 1.48. The summed E-state index contributed by atoms with van der Waals surface area (Å²) in [5, 5.41) is 15.5. The van der Waals surface area contributed by atoms with Crippen LogP contribution in [-0.2, 0) is 25.7 Å². The summed E-state index contributed by atoms with van der Waals surface area (Å²) < 4.78 is 6.81. The van der Waals surface area contributed by atoms with Crippen LogP contribution in [0.1, 0.15) is 55.7 Å². The third-order valence-corrected chi connectivity index (χ3v) is 9.06. The normalized spacial score (nSPS) is 29.0. The largest absolute Gasteiger partial charge is 0.396 e. The second-order valence-electron chi connectivity index (χ2n) is 11.3. The van der Waals surface area contributed by atoms with Crippen LogP contribution in [0.15, 0.2) is 48.5 Å². The van der Waals surface area contributed by atoms with Crippen LogP contribution in [-0.4, -0.2) is 58.1 Å². The number of likely N-dealkylation sites (tertiary alicyclic amines) is 1. The summed E-state index contributed by atoms with van der Waals surface area (Å²) in [5.74, 6) is -2.10. The molecule has 5 rings (SSSR count). The molecule has 3 fully saturated rings. The summed E-state index contributed by atoms with van der Waals surface area (Å²) in [6.45, 7) is 6.57. The number of carbonyl (C=O) groups excluding carboxylic acids is 3. The third kappa shape index (κ3) is 4.53. The molecule has 5 atom stereocenters. The summed E-state index contributed by atoms with van der Waals surface area (Å²) in [4.78, 5) is 43.6. The highest BCUT2D eigenvalue weighted by atomic mass is 16.5. The summed E-state index contributed by atoms with van der Waals surface area (Å²) in [6.07, 6.45) is 2.82. The van der Waals surface area contributed by atoms with E-state index >= 15 is 0 Å². The number of aliphatic hydroxyl groups excluding tert-OH is 1. The van der Waals surface area contributed by atoms with Crippen molar-refractivity contribution in [2.45, 2.75) is 76.7 Å². The first-order valence-corrected chi connectivity index (χ1v) is 14.1. The number of carbonyl (C=O) groups is 3. The zero-order valence-corrected chi connectivity index (χ0v) is 23.0. The first kappa shape index (κ1) is 27.3. The molecule has 3 heterocycles. The Bertz CT molecular complexity index is 1230. The molecule has 1 spiro atoms. The number of unbranched alkanes of at least 4 members (excludes halogenated alkanes) is 1. The van der Waals surface area contributed by atoms with Gasteiger partial charge >= 0.3 is 0 Å². The van der Waals surface area contributed by atoms with Gasteiger partial charge in [0.05, 0.1) is 17.4 Å². The van der Waals surface area contributed by atoms with Crippen molar-refractivity contribution in [1.82, 2.24) is 10.2 Å². The maximum atomic E-state index is 14.1. The Kier molecular flexibility index (Phi) is 7.53. The molecule has 39 heavy (non-hydrogen) atoms. The Morgan fingerprint density at radius 1 is 1.03 bits per heavy atom. The molecule has 8 heteroatoms. The van der Waals surface area contributed by atoms with E-state index in [-0.39, 0.29) is 24.3 Å². The number of nitrogens with one attached hydrogen (secondary N) is 2. The molecule has 0 radical (unpaired) electrons. The number of amides is 3. The van der Waals surface area contributed by atoms with Gasteiger partial charge < -0.3 is 25.4 Å². The minimum atomic E-state index is -1.07. The highest BCUT2D eigenvalue weighted by Crippen LogP contribution is 2.64. The maximum absolute atomic E-state index is 14.1. The van der Waals surface area contributed by atoms with E-state index in [1.165, 1.54) is 0 Å². The van der Waals surface area contributed by atoms with Gasteiger partial charge in [0, 0.05) is 25.4 Å². The predicted octanol–water partition coefficient (Wildman–Crippen LogP) is 3.49. The summed E-state index contributed by atoms with van der Waals surface area (Å²) >= 11 is 0. The second-order valence-corrected chi connectivity index (χ2v) is 11.3. The highest BCUT2D eigenvalue weighted by molar-refractivity contribution is 6.04. The average molecular weight is 534 g/mol. The van der Waals surface area contributed by atoms with Gasteiger partial charge in [-0.2, -0.15) is 0 Å². The van der Waals surface area contributed by atoms with Crippen LogP contribution < -0.4 is 10.6 Å². The van der Waals surface area contributed by atoms with Gasteiger partial charge in [-0.1, -0.05) is 55.5 Å². The molecule has 3 amide bonds. The van der Waals surface area contributed by atoms with E-state index in [4.69, 9.17) is 4.74 Å². The molecule has 3 aliphatic heterocycles. The van der Waals surface area contributed by atoms with Crippen LogP contribution in [0, 0.1) is 25.7 Å². The van der Waals surface area contributed by atoms with Gasteiger partial charge in [0.15, 0.2) is 0 Å². The van der Waals surface area contributed by atoms with Gasteiger partial charge in [-0.25, -0.2) is 0 Å². The smallest absolute Gasteiger partial charge is 0.250 e. The lowest BCUT2D eigenvalue weighted by Crippen LogP contribution is -2.53. The van der Waals surface area contributed by atoms with E-state index < -0.39 is 29.1 Å². The van der Waals surface area contributed by atoms with Crippen LogP contribution in [0.4, 0.5) is 5.69 Å². The average Bonchev–Trinajstić information content (AvgIpc) is 3.54. The minimum absolute atomic E-state index is 0.00975. The van der Waals surface area contributed by atoms with Gasteiger partial charge in [0.2, 0.25) is 17.7 Å².